The summed E-state index contributed by atoms with van der Waals surface area (Å²) < 4.78 is 0. The first-order valence-electron chi connectivity index (χ1n) is 21.0. The minimum atomic E-state index is 0.783. The van der Waals surface area contributed by atoms with Crippen molar-refractivity contribution in [2.24, 2.45) is 0 Å². The van der Waals surface area contributed by atoms with Gasteiger partial charge in [-0.2, -0.15) is 0 Å². The topological polar surface area (TPSA) is 51.6 Å². The van der Waals surface area contributed by atoms with Gasteiger partial charge in [0.25, 0.3) is 0 Å². The summed E-state index contributed by atoms with van der Waals surface area (Å²) in [5.41, 5.74) is 19.6. The first-order chi connectivity index (χ1) is 30.8. The SMILES string of the molecule is c1ccc(-c2c3c(c(-c4ccccc4)c4ccccc24)-c2ccc(-c4ccc(-c5ccnc(-c6cccc(-c7cccc(-c8ccccn8)n7)n6)c5)cc4)c4cccc-3c24)cc1. The van der Waals surface area contributed by atoms with Crippen LogP contribution in [0.3, 0.4) is 0 Å². The van der Waals surface area contributed by atoms with Crippen LogP contribution in [0.15, 0.2) is 219 Å². The number of hydrogen-bond acceptors (Lipinski definition) is 4. The molecule has 288 valence electrons. The summed E-state index contributed by atoms with van der Waals surface area (Å²) in [5, 5.41) is 5.09. The number of rotatable bonds is 7. The van der Waals surface area contributed by atoms with Gasteiger partial charge in [0.2, 0.25) is 0 Å². The lowest BCUT2D eigenvalue weighted by Gasteiger charge is -2.20. The smallest absolute Gasteiger partial charge is 0.0894 e. The summed E-state index contributed by atoms with van der Waals surface area (Å²) in [6.45, 7) is 0. The van der Waals surface area contributed by atoms with Gasteiger partial charge in [-0.15, -0.1) is 0 Å². The number of pyridine rings is 4. The van der Waals surface area contributed by atoms with E-state index < -0.39 is 0 Å². The molecule has 12 rings (SSSR count). The van der Waals surface area contributed by atoms with E-state index in [1.54, 1.807) is 6.20 Å². The fourth-order valence-electron chi connectivity index (χ4n) is 9.41. The van der Waals surface area contributed by atoms with Crippen LogP contribution in [0.2, 0.25) is 0 Å². The zero-order valence-electron chi connectivity index (χ0n) is 33.6. The molecule has 4 aromatic heterocycles. The Labute approximate surface area is 359 Å². The van der Waals surface area contributed by atoms with Gasteiger partial charge in [-0.25, -0.2) is 9.97 Å². The van der Waals surface area contributed by atoms with Crippen LogP contribution in [0.1, 0.15) is 0 Å². The molecule has 0 saturated heterocycles. The van der Waals surface area contributed by atoms with Crippen LogP contribution in [-0.4, -0.2) is 19.9 Å². The van der Waals surface area contributed by atoms with Crippen LogP contribution in [0.4, 0.5) is 0 Å². The second-order valence-corrected chi connectivity index (χ2v) is 15.7. The average Bonchev–Trinajstić information content (AvgIpc) is 3.69. The molecule has 4 heteroatoms. The molecule has 1 aliphatic rings. The molecule has 0 unspecified atom stereocenters. The largest absolute Gasteiger partial charge is 0.255 e. The Kier molecular flexibility index (Phi) is 8.46. The third-order valence-corrected chi connectivity index (χ3v) is 12.2. The molecular formula is C58H36N4. The van der Waals surface area contributed by atoms with Crippen LogP contribution >= 0.6 is 0 Å². The van der Waals surface area contributed by atoms with E-state index in [4.69, 9.17) is 15.0 Å². The van der Waals surface area contributed by atoms with Crippen molar-refractivity contribution in [3.05, 3.63) is 219 Å². The molecule has 0 aliphatic heterocycles. The minimum absolute atomic E-state index is 0.783. The van der Waals surface area contributed by atoms with Gasteiger partial charge in [-0.05, 0) is 137 Å². The maximum atomic E-state index is 5.02. The van der Waals surface area contributed by atoms with E-state index in [1.807, 2.05) is 60.8 Å². The van der Waals surface area contributed by atoms with Gasteiger partial charge in [-0.3, -0.25) is 9.97 Å². The Morgan fingerprint density at radius 2 is 0.726 bits per heavy atom. The molecular weight excluding hydrogens is 753 g/mol. The van der Waals surface area contributed by atoms with Crippen molar-refractivity contribution < 1.29 is 0 Å². The van der Waals surface area contributed by atoms with Crippen molar-refractivity contribution >= 4 is 21.5 Å². The highest BCUT2D eigenvalue weighted by molar-refractivity contribution is 6.28. The molecule has 4 nitrogen and oxygen atoms in total. The van der Waals surface area contributed by atoms with Gasteiger partial charge >= 0.3 is 0 Å². The highest BCUT2D eigenvalue weighted by Crippen LogP contribution is 2.58. The van der Waals surface area contributed by atoms with Gasteiger partial charge in [0, 0.05) is 12.4 Å². The molecule has 0 saturated carbocycles. The van der Waals surface area contributed by atoms with Crippen LogP contribution < -0.4 is 0 Å². The number of benzene rings is 7. The first-order valence-corrected chi connectivity index (χ1v) is 21.0. The van der Waals surface area contributed by atoms with Crippen molar-refractivity contribution in [1.82, 2.24) is 19.9 Å². The highest BCUT2D eigenvalue weighted by atomic mass is 14.8. The number of nitrogens with zero attached hydrogens (tertiary/aromatic N) is 4. The molecule has 0 bridgehead atoms. The maximum absolute atomic E-state index is 5.02. The van der Waals surface area contributed by atoms with E-state index in [1.165, 1.54) is 77.2 Å². The second-order valence-electron chi connectivity index (χ2n) is 15.7. The molecule has 0 spiro atoms. The fourth-order valence-corrected chi connectivity index (χ4v) is 9.41. The molecule has 0 radical (unpaired) electrons. The van der Waals surface area contributed by atoms with Crippen molar-refractivity contribution in [1.29, 1.82) is 0 Å². The lowest BCUT2D eigenvalue weighted by molar-refractivity contribution is 1.20. The summed E-state index contributed by atoms with van der Waals surface area (Å²) in [6, 6.07) is 73.2. The van der Waals surface area contributed by atoms with E-state index in [-0.39, 0.29) is 0 Å². The molecule has 0 N–H and O–H groups in total. The highest BCUT2D eigenvalue weighted by Gasteiger charge is 2.31. The molecule has 0 amide bonds. The molecule has 7 aromatic carbocycles. The standard InChI is InChI=1S/C58H36N4/c1-3-14-39(15-4-1)54-44-18-7-8-19-45(44)55(40-16-5-2-6-17-40)58-47-32-31-42(43-20-11-21-46(56(43)47)57(54)58)38-29-27-37(28-30-38)41-33-35-60-53(36-41)52-26-13-25-51(62-52)50-24-12-23-49(61-50)48-22-9-10-34-59-48/h1-36H. The molecule has 0 atom stereocenters. The summed E-state index contributed by atoms with van der Waals surface area (Å²) >= 11 is 0. The zero-order chi connectivity index (χ0) is 41.0. The maximum Gasteiger partial charge on any atom is 0.0894 e. The molecule has 4 heterocycles. The number of hydrogen-bond donors (Lipinski definition) is 0. The predicted octanol–water partition coefficient (Wildman–Crippen LogP) is 14.9. The lowest BCUT2D eigenvalue weighted by Crippen LogP contribution is -1.94. The minimum Gasteiger partial charge on any atom is -0.255 e. The number of aromatic nitrogens is 4. The third kappa shape index (κ3) is 5.92. The van der Waals surface area contributed by atoms with Crippen molar-refractivity contribution in [3.63, 3.8) is 0 Å². The normalized spacial score (nSPS) is 11.5. The first kappa shape index (κ1) is 35.6. The summed E-state index contributed by atoms with van der Waals surface area (Å²) in [7, 11) is 0. The van der Waals surface area contributed by atoms with Gasteiger partial charge in [-0.1, -0.05) is 158 Å². The average molecular weight is 789 g/mol. The lowest BCUT2D eigenvalue weighted by atomic mass is 9.82. The molecule has 62 heavy (non-hydrogen) atoms. The van der Waals surface area contributed by atoms with E-state index >= 15 is 0 Å². The van der Waals surface area contributed by atoms with Gasteiger partial charge < -0.3 is 0 Å². The van der Waals surface area contributed by atoms with E-state index in [0.717, 1.165) is 45.3 Å². The third-order valence-electron chi connectivity index (χ3n) is 12.2. The van der Waals surface area contributed by atoms with Gasteiger partial charge in [0.05, 0.1) is 34.2 Å². The van der Waals surface area contributed by atoms with Crippen LogP contribution in [-0.2, 0) is 0 Å². The molecule has 0 fully saturated rings. The van der Waals surface area contributed by atoms with Crippen LogP contribution in [0.5, 0.6) is 0 Å². The summed E-state index contributed by atoms with van der Waals surface area (Å²) in [5.74, 6) is 0. The predicted molar refractivity (Wildman–Crippen MR) is 255 cm³/mol. The summed E-state index contributed by atoms with van der Waals surface area (Å²) in [6.07, 6.45) is 3.65. The van der Waals surface area contributed by atoms with Crippen molar-refractivity contribution in [2.45, 2.75) is 0 Å². The second kappa shape index (κ2) is 14.7. The Hall–Kier alpha value is -8.34. The van der Waals surface area contributed by atoms with Crippen molar-refractivity contribution in [3.8, 4) is 101 Å². The molecule has 1 aliphatic carbocycles. The fraction of sp³-hybridized carbons (Fsp3) is 0. The Morgan fingerprint density at radius 3 is 1.35 bits per heavy atom. The van der Waals surface area contributed by atoms with Gasteiger partial charge in [0.15, 0.2) is 0 Å². The van der Waals surface area contributed by atoms with Crippen molar-refractivity contribution in [2.75, 3.05) is 0 Å². The van der Waals surface area contributed by atoms with Crippen LogP contribution in [0.25, 0.3) is 122 Å². The Balaban J connectivity index is 0.931. The van der Waals surface area contributed by atoms with Crippen LogP contribution in [0, 0.1) is 0 Å². The van der Waals surface area contributed by atoms with E-state index in [9.17, 15) is 0 Å². The Morgan fingerprint density at radius 1 is 0.242 bits per heavy atom. The van der Waals surface area contributed by atoms with Gasteiger partial charge in [0.1, 0.15) is 0 Å². The summed E-state index contributed by atoms with van der Waals surface area (Å²) in [4.78, 5) is 19.1. The quantitative estimate of drug-likeness (QED) is 0.161. The van der Waals surface area contributed by atoms with E-state index in [0.29, 0.717) is 0 Å². The number of fused-ring (bicyclic) bond motifs is 4. The molecule has 11 aromatic rings. The zero-order valence-corrected chi connectivity index (χ0v) is 33.6. The Bertz CT molecular complexity index is 3400. The monoisotopic (exact) mass is 788 g/mol. The van der Waals surface area contributed by atoms with E-state index in [2.05, 4.69) is 157 Å².